The quantitative estimate of drug-likeness (QED) is 0.393. The lowest BCUT2D eigenvalue weighted by Crippen LogP contribution is -2.58. The Morgan fingerprint density at radius 1 is 1.00 bits per heavy atom. The molecule has 8 heteroatoms. The van der Waals surface area contributed by atoms with Crippen molar-refractivity contribution in [3.63, 3.8) is 0 Å². The minimum absolute atomic E-state index is 0.295. The van der Waals surface area contributed by atoms with Crippen LogP contribution >= 0.6 is 0 Å². The smallest absolute Gasteiger partial charge is 0.347 e. The molecule has 3 aromatic carbocycles. The zero-order valence-electron chi connectivity index (χ0n) is 19.4. The number of anilines is 2. The fourth-order valence-electron chi connectivity index (χ4n) is 4.18. The number of para-hydroxylation sites is 2. The Kier molecular flexibility index (Phi) is 6.43. The molecular weight excluding hydrogens is 432 g/mol. The minimum atomic E-state index is -0.982. The number of nitrogens with zero attached hydrogens (tertiary/aromatic N) is 3. The van der Waals surface area contributed by atoms with Crippen LogP contribution in [0.25, 0.3) is 0 Å². The number of rotatable bonds is 6. The third-order valence-corrected chi connectivity index (χ3v) is 6.01. The van der Waals surface area contributed by atoms with Gasteiger partial charge < -0.3 is 15.0 Å². The minimum Gasteiger partial charge on any atom is -0.497 e. The van der Waals surface area contributed by atoms with E-state index in [0.717, 1.165) is 11.3 Å². The molecule has 1 saturated heterocycles. The highest BCUT2D eigenvalue weighted by Gasteiger charge is 2.56. The summed E-state index contributed by atoms with van der Waals surface area (Å²) in [4.78, 5) is 29.8. The summed E-state index contributed by atoms with van der Waals surface area (Å²) in [5.74, 6) is 0.721. The third-order valence-electron chi connectivity index (χ3n) is 6.01. The van der Waals surface area contributed by atoms with Gasteiger partial charge in [0.2, 0.25) is 0 Å². The summed E-state index contributed by atoms with van der Waals surface area (Å²) in [6, 6.07) is 24.3. The molecule has 1 aliphatic rings. The van der Waals surface area contributed by atoms with E-state index in [4.69, 9.17) is 4.74 Å². The van der Waals surface area contributed by atoms with Gasteiger partial charge in [-0.2, -0.15) is 5.06 Å². The average molecular weight is 461 g/mol. The number of carbonyl (C=O) groups is 2. The first-order valence-corrected chi connectivity index (χ1v) is 11.0. The summed E-state index contributed by atoms with van der Waals surface area (Å²) in [7, 11) is 1.60. The van der Waals surface area contributed by atoms with Crippen LogP contribution in [0.5, 0.6) is 5.75 Å². The molecule has 4 rings (SSSR count). The fraction of sp³-hybridized carbons (Fsp3) is 0.231. The highest BCUT2D eigenvalue weighted by Crippen LogP contribution is 2.39. The van der Waals surface area contributed by atoms with Gasteiger partial charge in [0.1, 0.15) is 5.75 Å². The van der Waals surface area contributed by atoms with Crippen molar-refractivity contribution in [1.29, 1.82) is 0 Å². The molecule has 0 saturated carbocycles. The van der Waals surface area contributed by atoms with Crippen LogP contribution in [0.1, 0.15) is 19.4 Å². The first kappa shape index (κ1) is 23.1. The first-order valence-electron chi connectivity index (χ1n) is 11.0. The second-order valence-electron chi connectivity index (χ2n) is 8.59. The van der Waals surface area contributed by atoms with Gasteiger partial charge in [-0.3, -0.25) is 10.1 Å². The number of hydrogen-bond acceptors (Lipinski definition) is 4. The van der Waals surface area contributed by atoms with Gasteiger partial charge in [0, 0.05) is 17.9 Å². The van der Waals surface area contributed by atoms with Gasteiger partial charge in [-0.05, 0) is 55.8 Å². The molecule has 0 spiro atoms. The van der Waals surface area contributed by atoms with Gasteiger partial charge in [0.05, 0.1) is 12.6 Å². The van der Waals surface area contributed by atoms with Crippen LogP contribution in [-0.2, 0) is 6.54 Å². The maximum Gasteiger partial charge on any atom is 0.347 e. The van der Waals surface area contributed by atoms with E-state index in [-0.39, 0.29) is 6.03 Å². The van der Waals surface area contributed by atoms with Crippen molar-refractivity contribution in [2.75, 3.05) is 17.3 Å². The summed E-state index contributed by atoms with van der Waals surface area (Å²) in [5.41, 5.74) is 1.08. The Bertz CT molecular complexity index is 1140. The van der Waals surface area contributed by atoms with E-state index in [2.05, 4.69) is 5.32 Å². The van der Waals surface area contributed by atoms with Gasteiger partial charge in [-0.25, -0.2) is 9.59 Å². The van der Waals surface area contributed by atoms with Crippen LogP contribution in [-0.4, -0.2) is 46.0 Å². The predicted molar refractivity (Wildman–Crippen MR) is 130 cm³/mol. The number of benzene rings is 3. The molecule has 1 heterocycles. The van der Waals surface area contributed by atoms with E-state index in [1.54, 1.807) is 48.4 Å². The fourth-order valence-corrected chi connectivity index (χ4v) is 4.18. The van der Waals surface area contributed by atoms with E-state index >= 15 is 0 Å². The molecule has 0 unspecified atom stereocenters. The molecule has 1 atom stereocenters. The second-order valence-corrected chi connectivity index (χ2v) is 8.59. The lowest BCUT2D eigenvalue weighted by Gasteiger charge is -2.38. The van der Waals surface area contributed by atoms with E-state index < -0.39 is 17.7 Å². The topological polar surface area (TPSA) is 85.3 Å². The van der Waals surface area contributed by atoms with Crippen molar-refractivity contribution in [3.8, 4) is 5.75 Å². The molecule has 34 heavy (non-hydrogen) atoms. The van der Waals surface area contributed by atoms with Crippen molar-refractivity contribution in [1.82, 2.24) is 9.96 Å². The van der Waals surface area contributed by atoms with Crippen molar-refractivity contribution in [2.45, 2.75) is 32.1 Å². The highest BCUT2D eigenvalue weighted by molar-refractivity contribution is 5.98. The van der Waals surface area contributed by atoms with Crippen LogP contribution < -0.4 is 15.0 Å². The van der Waals surface area contributed by atoms with Crippen LogP contribution in [0.2, 0.25) is 0 Å². The zero-order chi connectivity index (χ0) is 24.3. The molecule has 0 aliphatic carbocycles. The van der Waals surface area contributed by atoms with E-state index in [0.29, 0.717) is 23.0 Å². The molecule has 0 aromatic heterocycles. The molecule has 8 nitrogen and oxygen atoms in total. The molecule has 4 amide bonds. The molecular formula is C26H28N4O4. The Morgan fingerprint density at radius 2 is 1.59 bits per heavy atom. The van der Waals surface area contributed by atoms with Gasteiger partial charge >= 0.3 is 12.1 Å². The largest absolute Gasteiger partial charge is 0.497 e. The SMILES string of the molecule is COc1ccc(CN2C(=O)N(c3ccccc3)[C@H](N(O)C(=O)Nc3ccccc3)C2(C)C)cc1. The summed E-state index contributed by atoms with van der Waals surface area (Å²) in [6.07, 6.45) is -0.982. The van der Waals surface area contributed by atoms with Gasteiger partial charge in [-0.15, -0.1) is 0 Å². The number of ether oxygens (including phenoxy) is 1. The summed E-state index contributed by atoms with van der Waals surface area (Å²) >= 11 is 0. The summed E-state index contributed by atoms with van der Waals surface area (Å²) in [6.45, 7) is 3.96. The Balaban J connectivity index is 1.67. The number of carbonyl (C=O) groups excluding carboxylic acids is 2. The maximum absolute atomic E-state index is 13.7. The summed E-state index contributed by atoms with van der Waals surface area (Å²) in [5, 5.41) is 14.4. The Labute approximate surface area is 198 Å². The normalized spacial score (nSPS) is 16.9. The molecule has 0 radical (unpaired) electrons. The predicted octanol–water partition coefficient (Wildman–Crippen LogP) is 5.17. The first-order chi connectivity index (χ1) is 16.3. The number of nitrogens with one attached hydrogen (secondary N) is 1. The third kappa shape index (κ3) is 4.40. The number of urea groups is 2. The van der Waals surface area contributed by atoms with Gasteiger partial charge in [0.25, 0.3) is 0 Å². The van der Waals surface area contributed by atoms with Crippen molar-refractivity contribution < 1.29 is 19.5 Å². The molecule has 176 valence electrons. The monoisotopic (exact) mass is 460 g/mol. The van der Waals surface area contributed by atoms with E-state index in [9.17, 15) is 14.8 Å². The number of amides is 4. The molecule has 2 N–H and O–H groups in total. The van der Waals surface area contributed by atoms with Crippen LogP contribution in [0.15, 0.2) is 84.9 Å². The lowest BCUT2D eigenvalue weighted by atomic mass is 9.99. The standard InChI is InChI=1S/C26H28N4O4/c1-26(2)23(30(33)24(31)27-20-10-6-4-7-11-20)29(21-12-8-5-9-13-21)25(32)28(26)18-19-14-16-22(34-3)17-15-19/h4-17,23,33H,18H2,1-3H3,(H,27,31)/t23-/m1/s1. The van der Waals surface area contributed by atoms with Crippen LogP contribution in [0.3, 0.4) is 0 Å². The summed E-state index contributed by atoms with van der Waals surface area (Å²) < 4.78 is 5.23. The highest BCUT2D eigenvalue weighted by atomic mass is 16.5. The molecule has 1 aliphatic heterocycles. The number of hydrogen-bond donors (Lipinski definition) is 2. The van der Waals surface area contributed by atoms with Crippen molar-refractivity contribution in [2.24, 2.45) is 0 Å². The van der Waals surface area contributed by atoms with Crippen LogP contribution in [0, 0.1) is 0 Å². The maximum atomic E-state index is 13.7. The van der Waals surface area contributed by atoms with E-state index in [1.165, 1.54) is 4.90 Å². The Hall–Kier alpha value is -4.04. The lowest BCUT2D eigenvalue weighted by molar-refractivity contribution is -0.0954. The van der Waals surface area contributed by atoms with Crippen LogP contribution in [0.4, 0.5) is 21.0 Å². The van der Waals surface area contributed by atoms with E-state index in [1.807, 2.05) is 62.4 Å². The van der Waals surface area contributed by atoms with Crippen molar-refractivity contribution >= 4 is 23.4 Å². The van der Waals surface area contributed by atoms with Crippen molar-refractivity contribution in [3.05, 3.63) is 90.5 Å². The Morgan fingerprint density at radius 3 is 2.18 bits per heavy atom. The average Bonchev–Trinajstić information content (AvgIpc) is 3.05. The number of hydroxylamine groups is 2. The van der Waals surface area contributed by atoms with Gasteiger partial charge in [-0.1, -0.05) is 48.5 Å². The number of methoxy groups -OCH3 is 1. The van der Waals surface area contributed by atoms with Gasteiger partial charge in [0.15, 0.2) is 6.17 Å². The molecule has 3 aromatic rings. The second kappa shape index (κ2) is 9.44. The molecule has 0 bridgehead atoms. The molecule has 1 fully saturated rings. The zero-order valence-corrected chi connectivity index (χ0v) is 19.4.